The SMILES string of the molecule is CC(C)CNCc1ncc(-c2cncn2C)o1. The van der Waals surface area contributed by atoms with Crippen molar-refractivity contribution in [2.45, 2.75) is 20.4 Å². The molecule has 2 heterocycles. The first-order chi connectivity index (χ1) is 8.16. The zero-order valence-corrected chi connectivity index (χ0v) is 10.5. The highest BCUT2D eigenvalue weighted by Crippen LogP contribution is 2.18. The molecule has 0 aromatic carbocycles. The van der Waals surface area contributed by atoms with Crippen LogP contribution < -0.4 is 5.32 Å². The van der Waals surface area contributed by atoms with Crippen molar-refractivity contribution in [3.05, 3.63) is 24.6 Å². The van der Waals surface area contributed by atoms with Gasteiger partial charge in [0.25, 0.3) is 0 Å². The number of hydrogen-bond donors (Lipinski definition) is 1. The summed E-state index contributed by atoms with van der Waals surface area (Å²) in [5.41, 5.74) is 0.938. The van der Waals surface area contributed by atoms with Crippen molar-refractivity contribution in [3.63, 3.8) is 0 Å². The molecule has 17 heavy (non-hydrogen) atoms. The van der Waals surface area contributed by atoms with E-state index in [9.17, 15) is 0 Å². The minimum absolute atomic E-state index is 0.626. The molecule has 0 aliphatic rings. The predicted octanol–water partition coefficient (Wildman–Crippen LogP) is 1.82. The number of aryl methyl sites for hydroxylation is 1. The van der Waals surface area contributed by atoms with Crippen LogP contribution in [0.2, 0.25) is 0 Å². The van der Waals surface area contributed by atoms with Crippen LogP contribution in [0, 0.1) is 5.92 Å². The third-order valence-electron chi connectivity index (χ3n) is 2.45. The maximum Gasteiger partial charge on any atom is 0.208 e. The Morgan fingerprint density at radius 3 is 2.88 bits per heavy atom. The Morgan fingerprint density at radius 1 is 1.41 bits per heavy atom. The lowest BCUT2D eigenvalue weighted by Gasteiger charge is -2.04. The average molecular weight is 234 g/mol. The van der Waals surface area contributed by atoms with Gasteiger partial charge in [0.1, 0.15) is 5.69 Å². The molecule has 1 N–H and O–H groups in total. The van der Waals surface area contributed by atoms with E-state index in [0.717, 1.165) is 18.0 Å². The van der Waals surface area contributed by atoms with E-state index in [1.54, 1.807) is 18.7 Å². The molecule has 92 valence electrons. The van der Waals surface area contributed by atoms with E-state index in [4.69, 9.17) is 4.42 Å². The van der Waals surface area contributed by atoms with E-state index in [0.29, 0.717) is 18.4 Å². The number of imidazole rings is 1. The molecular formula is C12H18N4O. The average Bonchev–Trinajstić information content (AvgIpc) is 2.86. The molecule has 0 fully saturated rings. The molecule has 2 aromatic rings. The summed E-state index contributed by atoms with van der Waals surface area (Å²) in [7, 11) is 1.93. The Bertz CT molecular complexity index is 472. The highest BCUT2D eigenvalue weighted by atomic mass is 16.4. The Hall–Kier alpha value is -1.62. The van der Waals surface area contributed by atoms with Gasteiger partial charge < -0.3 is 14.3 Å². The third-order valence-corrected chi connectivity index (χ3v) is 2.45. The van der Waals surface area contributed by atoms with Crippen LogP contribution >= 0.6 is 0 Å². The third kappa shape index (κ3) is 2.94. The molecule has 5 heteroatoms. The van der Waals surface area contributed by atoms with Crippen LogP contribution in [0.1, 0.15) is 19.7 Å². The fraction of sp³-hybridized carbons (Fsp3) is 0.500. The molecule has 0 radical (unpaired) electrons. The number of hydrogen-bond acceptors (Lipinski definition) is 4. The lowest BCUT2D eigenvalue weighted by atomic mass is 10.2. The predicted molar refractivity (Wildman–Crippen MR) is 65.2 cm³/mol. The Labute approximate surface area is 101 Å². The van der Waals surface area contributed by atoms with Gasteiger partial charge in [0.2, 0.25) is 5.89 Å². The summed E-state index contributed by atoms with van der Waals surface area (Å²) in [6, 6.07) is 0. The standard InChI is InChI=1S/C12H18N4O/c1-9(2)4-13-7-12-15-6-11(17-12)10-5-14-8-16(10)3/h5-6,8-9,13H,4,7H2,1-3H3. The quantitative estimate of drug-likeness (QED) is 0.857. The van der Waals surface area contributed by atoms with Gasteiger partial charge in [-0.3, -0.25) is 0 Å². The fourth-order valence-electron chi connectivity index (χ4n) is 1.57. The summed E-state index contributed by atoms with van der Waals surface area (Å²) in [5, 5.41) is 3.30. The highest BCUT2D eigenvalue weighted by molar-refractivity contribution is 5.49. The van der Waals surface area contributed by atoms with Crippen molar-refractivity contribution in [2.75, 3.05) is 6.54 Å². The molecule has 0 aliphatic carbocycles. The van der Waals surface area contributed by atoms with Gasteiger partial charge in [-0.05, 0) is 12.5 Å². The normalized spacial score (nSPS) is 11.3. The number of nitrogens with one attached hydrogen (secondary N) is 1. The number of rotatable bonds is 5. The van der Waals surface area contributed by atoms with Crippen molar-refractivity contribution < 1.29 is 4.42 Å². The molecule has 0 amide bonds. The first-order valence-corrected chi connectivity index (χ1v) is 5.79. The lowest BCUT2D eigenvalue weighted by molar-refractivity contribution is 0.457. The van der Waals surface area contributed by atoms with Crippen LogP contribution in [0.15, 0.2) is 23.1 Å². The van der Waals surface area contributed by atoms with Crippen LogP contribution in [0.4, 0.5) is 0 Å². The minimum Gasteiger partial charge on any atom is -0.438 e. The molecule has 0 spiro atoms. The molecule has 2 aromatic heterocycles. The maximum atomic E-state index is 5.66. The molecule has 5 nitrogen and oxygen atoms in total. The first-order valence-electron chi connectivity index (χ1n) is 5.79. The van der Waals surface area contributed by atoms with E-state index in [1.807, 2.05) is 11.6 Å². The monoisotopic (exact) mass is 234 g/mol. The molecule has 0 saturated carbocycles. The van der Waals surface area contributed by atoms with Gasteiger partial charge in [0, 0.05) is 7.05 Å². The zero-order valence-electron chi connectivity index (χ0n) is 10.5. The Morgan fingerprint density at radius 2 is 2.24 bits per heavy atom. The van der Waals surface area contributed by atoms with E-state index >= 15 is 0 Å². The summed E-state index contributed by atoms with van der Waals surface area (Å²) in [4.78, 5) is 8.29. The van der Waals surface area contributed by atoms with Crippen molar-refractivity contribution in [1.29, 1.82) is 0 Å². The molecular weight excluding hydrogens is 216 g/mol. The Kier molecular flexibility index (Phi) is 3.58. The van der Waals surface area contributed by atoms with Crippen molar-refractivity contribution in [2.24, 2.45) is 13.0 Å². The van der Waals surface area contributed by atoms with E-state index in [1.165, 1.54) is 0 Å². The van der Waals surface area contributed by atoms with Crippen molar-refractivity contribution in [1.82, 2.24) is 19.9 Å². The van der Waals surface area contributed by atoms with Gasteiger partial charge in [-0.2, -0.15) is 0 Å². The highest BCUT2D eigenvalue weighted by Gasteiger charge is 2.09. The minimum atomic E-state index is 0.626. The number of nitrogens with zero attached hydrogens (tertiary/aromatic N) is 3. The molecule has 0 atom stereocenters. The summed E-state index contributed by atoms with van der Waals surface area (Å²) < 4.78 is 7.56. The number of aromatic nitrogens is 3. The zero-order chi connectivity index (χ0) is 12.3. The fourth-order valence-corrected chi connectivity index (χ4v) is 1.57. The van der Waals surface area contributed by atoms with Crippen LogP contribution in [0.25, 0.3) is 11.5 Å². The summed E-state index contributed by atoms with van der Waals surface area (Å²) in [5.74, 6) is 2.09. The molecule has 0 saturated heterocycles. The lowest BCUT2D eigenvalue weighted by Crippen LogP contribution is -2.18. The maximum absolute atomic E-state index is 5.66. The summed E-state index contributed by atoms with van der Waals surface area (Å²) in [6.45, 7) is 5.96. The van der Waals surface area contributed by atoms with Gasteiger partial charge >= 0.3 is 0 Å². The molecule has 0 unspecified atom stereocenters. The van der Waals surface area contributed by atoms with E-state index < -0.39 is 0 Å². The van der Waals surface area contributed by atoms with Gasteiger partial charge in [0.15, 0.2) is 5.76 Å². The van der Waals surface area contributed by atoms with Crippen LogP contribution in [-0.4, -0.2) is 21.1 Å². The summed E-state index contributed by atoms with van der Waals surface area (Å²) in [6.07, 6.45) is 5.25. The van der Waals surface area contributed by atoms with Crippen LogP contribution in [0.5, 0.6) is 0 Å². The second-order valence-corrected chi connectivity index (χ2v) is 4.53. The van der Waals surface area contributed by atoms with Gasteiger partial charge in [-0.15, -0.1) is 0 Å². The molecule has 2 rings (SSSR count). The van der Waals surface area contributed by atoms with Gasteiger partial charge in [-0.25, -0.2) is 9.97 Å². The van der Waals surface area contributed by atoms with Crippen LogP contribution in [-0.2, 0) is 13.6 Å². The van der Waals surface area contributed by atoms with Crippen molar-refractivity contribution >= 4 is 0 Å². The van der Waals surface area contributed by atoms with Gasteiger partial charge in [-0.1, -0.05) is 13.8 Å². The van der Waals surface area contributed by atoms with E-state index in [2.05, 4.69) is 29.1 Å². The second kappa shape index (κ2) is 5.14. The topological polar surface area (TPSA) is 55.9 Å². The van der Waals surface area contributed by atoms with Gasteiger partial charge in [0.05, 0.1) is 25.3 Å². The Balaban J connectivity index is 1.99. The number of oxazole rings is 1. The largest absolute Gasteiger partial charge is 0.438 e. The summed E-state index contributed by atoms with van der Waals surface area (Å²) >= 11 is 0. The van der Waals surface area contributed by atoms with Crippen molar-refractivity contribution in [3.8, 4) is 11.5 Å². The first kappa shape index (κ1) is 11.9. The molecule has 0 bridgehead atoms. The smallest absolute Gasteiger partial charge is 0.208 e. The second-order valence-electron chi connectivity index (χ2n) is 4.53. The van der Waals surface area contributed by atoms with E-state index in [-0.39, 0.29) is 0 Å². The molecule has 0 aliphatic heterocycles. The van der Waals surface area contributed by atoms with Crippen LogP contribution in [0.3, 0.4) is 0 Å².